The van der Waals surface area contributed by atoms with Crippen LogP contribution < -0.4 is 10.1 Å². The van der Waals surface area contributed by atoms with Crippen molar-refractivity contribution < 1.29 is 13.2 Å². The SMILES string of the molecule is N#Cc1ccc(Oc2cc(Cl)cc(Cl)c2)c(S(=O)(=O)N2CCN(C(=S)Nc3ccccc3)CC2)c1. The summed E-state index contributed by atoms with van der Waals surface area (Å²) < 4.78 is 34.4. The summed E-state index contributed by atoms with van der Waals surface area (Å²) in [6.07, 6.45) is 0. The van der Waals surface area contributed by atoms with Crippen molar-refractivity contribution in [2.75, 3.05) is 31.5 Å². The second kappa shape index (κ2) is 10.8. The molecule has 0 aliphatic carbocycles. The number of para-hydroxylation sites is 1. The number of hydrogen-bond donors (Lipinski definition) is 1. The molecular weight excluding hydrogens is 527 g/mol. The minimum absolute atomic E-state index is 0.0750. The van der Waals surface area contributed by atoms with E-state index in [0.29, 0.717) is 28.2 Å². The van der Waals surface area contributed by atoms with Gasteiger partial charge < -0.3 is 15.0 Å². The molecule has 0 radical (unpaired) electrons. The van der Waals surface area contributed by atoms with Crippen molar-refractivity contribution in [3.63, 3.8) is 0 Å². The molecule has 0 spiro atoms. The first kappa shape index (κ1) is 25.2. The van der Waals surface area contributed by atoms with E-state index in [0.717, 1.165) is 5.69 Å². The first-order valence-electron chi connectivity index (χ1n) is 10.6. The molecule has 3 aromatic carbocycles. The van der Waals surface area contributed by atoms with Crippen molar-refractivity contribution in [2.45, 2.75) is 4.90 Å². The fourth-order valence-corrected chi connectivity index (χ4v) is 5.94. The van der Waals surface area contributed by atoms with Gasteiger partial charge in [0.15, 0.2) is 5.11 Å². The Morgan fingerprint density at radius 3 is 2.26 bits per heavy atom. The minimum atomic E-state index is -3.97. The fraction of sp³-hybridized carbons (Fsp3) is 0.167. The Kier molecular flexibility index (Phi) is 7.79. The van der Waals surface area contributed by atoms with Gasteiger partial charge in [-0.2, -0.15) is 9.57 Å². The molecule has 4 rings (SSSR count). The van der Waals surface area contributed by atoms with E-state index >= 15 is 0 Å². The van der Waals surface area contributed by atoms with Crippen LogP contribution in [0.2, 0.25) is 10.0 Å². The van der Waals surface area contributed by atoms with Gasteiger partial charge in [-0.1, -0.05) is 41.4 Å². The van der Waals surface area contributed by atoms with E-state index in [2.05, 4.69) is 5.32 Å². The number of hydrogen-bond acceptors (Lipinski definition) is 5. The third-order valence-electron chi connectivity index (χ3n) is 5.31. The summed E-state index contributed by atoms with van der Waals surface area (Å²) in [5.74, 6) is 0.358. The Morgan fingerprint density at radius 2 is 1.63 bits per heavy atom. The van der Waals surface area contributed by atoms with E-state index in [1.165, 1.54) is 34.6 Å². The summed E-state index contributed by atoms with van der Waals surface area (Å²) in [5, 5.41) is 13.7. The molecule has 0 aromatic heterocycles. The normalized spacial score (nSPS) is 14.3. The second-order valence-corrected chi connectivity index (χ2v) is 10.8. The van der Waals surface area contributed by atoms with Crippen LogP contribution in [-0.2, 0) is 10.0 Å². The second-order valence-electron chi connectivity index (χ2n) is 7.67. The van der Waals surface area contributed by atoms with Crippen molar-refractivity contribution in [3.05, 3.63) is 82.3 Å². The molecule has 180 valence electrons. The van der Waals surface area contributed by atoms with Gasteiger partial charge in [-0.15, -0.1) is 0 Å². The van der Waals surface area contributed by atoms with Gasteiger partial charge in [0.1, 0.15) is 16.4 Å². The number of benzene rings is 3. The molecule has 11 heteroatoms. The maximum absolute atomic E-state index is 13.6. The van der Waals surface area contributed by atoms with Crippen LogP contribution in [0.5, 0.6) is 11.5 Å². The highest BCUT2D eigenvalue weighted by Gasteiger charge is 2.32. The third kappa shape index (κ3) is 6.04. The van der Waals surface area contributed by atoms with Gasteiger partial charge in [0.05, 0.1) is 11.6 Å². The van der Waals surface area contributed by atoms with Crippen LogP contribution in [0.15, 0.2) is 71.6 Å². The molecule has 1 heterocycles. The van der Waals surface area contributed by atoms with E-state index in [9.17, 15) is 13.7 Å². The number of nitrogens with zero attached hydrogens (tertiary/aromatic N) is 3. The number of piperazine rings is 1. The first-order chi connectivity index (χ1) is 16.8. The highest BCUT2D eigenvalue weighted by molar-refractivity contribution is 7.89. The van der Waals surface area contributed by atoms with Crippen LogP contribution in [0.25, 0.3) is 0 Å². The molecule has 0 unspecified atom stereocenters. The Balaban J connectivity index is 1.53. The minimum Gasteiger partial charge on any atom is -0.456 e. The van der Waals surface area contributed by atoms with Crippen molar-refractivity contribution >= 4 is 56.2 Å². The van der Waals surface area contributed by atoms with Crippen LogP contribution in [0.3, 0.4) is 0 Å². The van der Waals surface area contributed by atoms with E-state index in [1.807, 2.05) is 41.3 Å². The average molecular weight is 547 g/mol. The van der Waals surface area contributed by atoms with Crippen molar-refractivity contribution in [3.8, 4) is 17.6 Å². The van der Waals surface area contributed by atoms with Crippen LogP contribution in [0.4, 0.5) is 5.69 Å². The van der Waals surface area contributed by atoms with Crippen LogP contribution >= 0.6 is 35.4 Å². The molecule has 0 amide bonds. The van der Waals surface area contributed by atoms with Crippen LogP contribution in [0.1, 0.15) is 5.56 Å². The average Bonchev–Trinajstić information content (AvgIpc) is 2.84. The summed E-state index contributed by atoms with van der Waals surface area (Å²) in [4.78, 5) is 1.82. The van der Waals surface area contributed by atoms with Gasteiger partial charge >= 0.3 is 0 Å². The molecule has 1 fully saturated rings. The van der Waals surface area contributed by atoms with Gasteiger partial charge in [0.25, 0.3) is 0 Å². The topological polar surface area (TPSA) is 85.7 Å². The summed E-state index contributed by atoms with van der Waals surface area (Å²) in [6, 6.07) is 20.4. The predicted octanol–water partition coefficient (Wildman–Crippen LogP) is 5.36. The molecule has 3 aromatic rings. The largest absolute Gasteiger partial charge is 0.456 e. The Bertz CT molecular complexity index is 1370. The molecule has 0 saturated carbocycles. The quantitative estimate of drug-likeness (QED) is 0.431. The van der Waals surface area contributed by atoms with Gasteiger partial charge in [-0.25, -0.2) is 8.42 Å². The zero-order valence-electron chi connectivity index (χ0n) is 18.3. The molecule has 35 heavy (non-hydrogen) atoms. The molecule has 0 atom stereocenters. The van der Waals surface area contributed by atoms with Crippen LogP contribution in [-0.4, -0.2) is 48.9 Å². The maximum Gasteiger partial charge on any atom is 0.246 e. The number of halogens is 2. The monoisotopic (exact) mass is 546 g/mol. The van der Waals surface area contributed by atoms with Gasteiger partial charge in [0.2, 0.25) is 10.0 Å². The lowest BCUT2D eigenvalue weighted by molar-refractivity contribution is 0.268. The highest BCUT2D eigenvalue weighted by atomic mass is 35.5. The standard InChI is InChI=1S/C24H20Cl2N4O3S2/c25-18-13-19(26)15-21(14-18)33-22-7-6-17(16-27)12-23(22)35(31,32)30-10-8-29(9-11-30)24(34)28-20-4-2-1-3-5-20/h1-7,12-15H,8-11H2,(H,28,34). The fourth-order valence-electron chi connectivity index (χ4n) is 3.57. The highest BCUT2D eigenvalue weighted by Crippen LogP contribution is 2.34. The lowest BCUT2D eigenvalue weighted by Gasteiger charge is -2.35. The lowest BCUT2D eigenvalue weighted by atomic mass is 10.2. The summed E-state index contributed by atoms with van der Waals surface area (Å²) in [7, 11) is -3.97. The Labute approximate surface area is 219 Å². The number of anilines is 1. The van der Waals surface area contributed by atoms with E-state index in [1.54, 1.807) is 6.07 Å². The zero-order valence-corrected chi connectivity index (χ0v) is 21.5. The predicted molar refractivity (Wildman–Crippen MR) is 141 cm³/mol. The van der Waals surface area contributed by atoms with Gasteiger partial charge in [0, 0.05) is 41.9 Å². The van der Waals surface area contributed by atoms with Gasteiger partial charge in [-0.05, 0) is 60.7 Å². The van der Waals surface area contributed by atoms with E-state index in [4.69, 9.17) is 40.2 Å². The van der Waals surface area contributed by atoms with Crippen LogP contribution in [0, 0.1) is 11.3 Å². The Morgan fingerprint density at radius 1 is 0.971 bits per heavy atom. The lowest BCUT2D eigenvalue weighted by Crippen LogP contribution is -2.51. The first-order valence-corrected chi connectivity index (χ1v) is 13.2. The maximum atomic E-state index is 13.6. The van der Waals surface area contributed by atoms with E-state index < -0.39 is 10.0 Å². The zero-order chi connectivity index (χ0) is 25.0. The number of nitrogens with one attached hydrogen (secondary N) is 1. The van der Waals surface area contributed by atoms with Crippen molar-refractivity contribution in [1.82, 2.24) is 9.21 Å². The van der Waals surface area contributed by atoms with Crippen molar-refractivity contribution in [1.29, 1.82) is 5.26 Å². The van der Waals surface area contributed by atoms with Gasteiger partial charge in [-0.3, -0.25) is 0 Å². The molecule has 1 N–H and O–H groups in total. The summed E-state index contributed by atoms with van der Waals surface area (Å²) in [6.45, 7) is 1.27. The number of rotatable bonds is 5. The summed E-state index contributed by atoms with van der Waals surface area (Å²) >= 11 is 17.6. The molecule has 1 saturated heterocycles. The molecule has 1 aliphatic heterocycles. The number of nitriles is 1. The molecule has 1 aliphatic rings. The molecule has 0 bridgehead atoms. The van der Waals surface area contributed by atoms with E-state index in [-0.39, 0.29) is 35.0 Å². The number of ether oxygens (including phenoxy) is 1. The summed E-state index contributed by atoms with van der Waals surface area (Å²) in [5.41, 5.74) is 1.07. The molecule has 7 nitrogen and oxygen atoms in total. The molecular formula is C24H20Cl2N4O3S2. The smallest absolute Gasteiger partial charge is 0.246 e. The Hall–Kier alpha value is -2.87. The van der Waals surface area contributed by atoms with Crippen molar-refractivity contribution in [2.24, 2.45) is 0 Å². The number of sulfonamides is 1. The number of thiocarbonyl (C=S) groups is 1. The third-order valence-corrected chi connectivity index (χ3v) is 8.02.